The van der Waals surface area contributed by atoms with Crippen molar-refractivity contribution in [3.63, 3.8) is 0 Å². The second-order valence-corrected chi connectivity index (χ2v) is 26.5. The molecule has 2 fully saturated rings. The standard InChI is InChI=1S/C63H75ClN8O14S3/c1-61(2,3)84-57(76)63(7,8)86-70-49(46-37-89-59(67-46)69-60(77)85-62(4,5)6)53(73)68-50-54(74)71-51(56(75)83-35-40-18-24-44(80-11)25-19-40)41(36-88-55(50)71)32-72(29-12-13-30-72)31-28-65-58(87)66-45-26-27-47(81-33-38-14-20-42(78-9)21-15-38)52(48(45)64)82-34-39-16-22-43(79-10)23-17-39/h14-27,37,50,55H,12-13,28-36H2,1-11H3,(H3-,65,66,67,68,69,73,77,87)/p+1/b70-49-/t50-,55-/m1/s1. The first-order valence-corrected chi connectivity index (χ1v) is 31.4. The SMILES string of the molecule is COc1ccc(COC(=O)C2=C(C[N+]3(CCNC(=S)Nc4ccc(OCc5ccc(OC)cc5)c(OCc5ccc(OC)cc5)c4Cl)CCCC3)CS[C@@H]3[C@H](NC(=O)/C(=N\OC(C)(C)C(=O)OC(C)(C)C)c4csc(NC(=O)OC(C)(C)C)n4)C(=O)N23)cc1. The smallest absolute Gasteiger partial charge is 0.413 e. The van der Waals surface area contributed by atoms with Gasteiger partial charge < -0.3 is 63.2 Å². The quantitative estimate of drug-likeness (QED) is 0.00807. The molecule has 0 unspecified atom stereocenters. The molecule has 89 heavy (non-hydrogen) atoms. The summed E-state index contributed by atoms with van der Waals surface area (Å²) in [6.07, 6.45) is 1.08. The Morgan fingerprint density at radius 3 is 1.91 bits per heavy atom. The Kier molecular flexibility index (Phi) is 22.0. The summed E-state index contributed by atoms with van der Waals surface area (Å²) in [6.45, 7) is 16.4. The van der Waals surface area contributed by atoms with Crippen molar-refractivity contribution in [2.45, 2.75) is 116 Å². The number of aromatic nitrogens is 1. The third-order valence-corrected chi connectivity index (χ3v) is 16.9. The van der Waals surface area contributed by atoms with Crippen molar-refractivity contribution in [2.75, 3.05) is 70.4 Å². The normalized spacial score (nSPS) is 16.4. The lowest BCUT2D eigenvalue weighted by atomic mass is 10.0. The van der Waals surface area contributed by atoms with Crippen LogP contribution in [0.3, 0.4) is 0 Å². The Bertz CT molecular complexity index is 3430. The van der Waals surface area contributed by atoms with Crippen molar-refractivity contribution < 1.29 is 71.2 Å². The highest BCUT2D eigenvalue weighted by molar-refractivity contribution is 8.00. The van der Waals surface area contributed by atoms with Gasteiger partial charge in [0.15, 0.2) is 27.5 Å². The monoisotopic (exact) mass is 1300 g/mol. The highest BCUT2D eigenvalue weighted by atomic mass is 35.5. The number of thiocarbonyl (C=S) groups is 1. The predicted octanol–water partition coefficient (Wildman–Crippen LogP) is 10.2. The predicted molar refractivity (Wildman–Crippen MR) is 344 cm³/mol. The van der Waals surface area contributed by atoms with Gasteiger partial charge in [0.1, 0.15) is 82.6 Å². The topological polar surface area (TPSA) is 245 Å². The zero-order valence-corrected chi connectivity index (χ0v) is 54.9. The molecule has 3 aliphatic heterocycles. The lowest BCUT2D eigenvalue weighted by Crippen LogP contribution is -2.71. The van der Waals surface area contributed by atoms with Crippen LogP contribution in [0.15, 0.2) is 107 Å². The highest BCUT2D eigenvalue weighted by Crippen LogP contribution is 2.44. The van der Waals surface area contributed by atoms with Gasteiger partial charge in [-0.25, -0.2) is 19.4 Å². The maximum absolute atomic E-state index is 14.7. The molecule has 0 saturated carbocycles. The van der Waals surface area contributed by atoms with E-state index in [9.17, 15) is 24.0 Å². The average Bonchev–Trinajstić information content (AvgIpc) is 1.90. The summed E-state index contributed by atoms with van der Waals surface area (Å²) in [5.41, 5.74) is -0.0199. The number of likely N-dealkylation sites (tertiary alicyclic amines) is 1. The van der Waals surface area contributed by atoms with E-state index in [1.165, 1.54) is 35.9 Å². The van der Waals surface area contributed by atoms with Crippen LogP contribution < -0.4 is 45.0 Å². The van der Waals surface area contributed by atoms with Gasteiger partial charge >= 0.3 is 18.0 Å². The van der Waals surface area contributed by atoms with Gasteiger partial charge in [-0.1, -0.05) is 53.2 Å². The number of esters is 2. The van der Waals surface area contributed by atoms with Gasteiger partial charge in [0.05, 0.1) is 53.2 Å². The first-order chi connectivity index (χ1) is 42.3. The Hall–Kier alpha value is -7.84. The van der Waals surface area contributed by atoms with Crippen LogP contribution >= 0.6 is 46.9 Å². The molecule has 4 heterocycles. The number of halogens is 1. The summed E-state index contributed by atoms with van der Waals surface area (Å²) < 4.78 is 46.2. The minimum atomic E-state index is -1.69. The Labute approximate surface area is 536 Å². The number of thiazole rings is 1. The fourth-order valence-electron chi connectivity index (χ4n) is 9.66. The number of thioether (sulfide) groups is 1. The van der Waals surface area contributed by atoms with E-state index in [1.54, 1.807) is 99.3 Å². The lowest BCUT2D eigenvalue weighted by Gasteiger charge is -2.50. The Balaban J connectivity index is 0.996. The van der Waals surface area contributed by atoms with Crippen molar-refractivity contribution in [1.29, 1.82) is 0 Å². The van der Waals surface area contributed by atoms with Gasteiger partial charge in [-0.05, 0) is 133 Å². The number of hydrogen-bond donors (Lipinski definition) is 4. The molecule has 1 aromatic heterocycles. The minimum absolute atomic E-state index is 0.0420. The largest absolute Gasteiger partial charge is 0.497 e. The van der Waals surface area contributed by atoms with Gasteiger partial charge in [-0.2, -0.15) is 0 Å². The molecule has 4 N–H and O–H groups in total. The van der Waals surface area contributed by atoms with E-state index in [0.717, 1.165) is 54.1 Å². The van der Waals surface area contributed by atoms with Crippen LogP contribution in [-0.2, 0) is 58.0 Å². The number of anilines is 2. The van der Waals surface area contributed by atoms with E-state index in [0.29, 0.717) is 74.8 Å². The molecule has 476 valence electrons. The number of amides is 3. The Morgan fingerprint density at radius 2 is 1.34 bits per heavy atom. The highest BCUT2D eigenvalue weighted by Gasteiger charge is 2.56. The maximum atomic E-state index is 14.7. The van der Waals surface area contributed by atoms with Crippen molar-refractivity contribution in [3.8, 4) is 28.7 Å². The number of ether oxygens (including phenoxy) is 8. The van der Waals surface area contributed by atoms with Crippen LogP contribution in [-0.4, -0.2) is 143 Å². The van der Waals surface area contributed by atoms with Gasteiger partial charge in [0.2, 0.25) is 5.60 Å². The summed E-state index contributed by atoms with van der Waals surface area (Å²) in [7, 11) is 4.78. The molecular weight excluding hydrogens is 1220 g/mol. The number of fused-ring (bicyclic) bond motifs is 1. The Morgan fingerprint density at radius 1 is 0.764 bits per heavy atom. The third kappa shape index (κ3) is 18.0. The van der Waals surface area contributed by atoms with Crippen LogP contribution in [0, 0.1) is 0 Å². The second kappa shape index (κ2) is 29.2. The molecule has 3 amide bonds. The molecule has 0 bridgehead atoms. The molecule has 4 aromatic carbocycles. The molecule has 22 nitrogen and oxygen atoms in total. The number of quaternary nitrogens is 1. The van der Waals surface area contributed by atoms with Crippen molar-refractivity contribution in [3.05, 3.63) is 129 Å². The summed E-state index contributed by atoms with van der Waals surface area (Å²) in [5.74, 6) is 0.237. The van der Waals surface area contributed by atoms with Gasteiger partial charge in [0.25, 0.3) is 11.8 Å². The molecule has 2 atom stereocenters. The van der Waals surface area contributed by atoms with E-state index in [2.05, 4.69) is 31.4 Å². The first-order valence-electron chi connectivity index (χ1n) is 28.7. The van der Waals surface area contributed by atoms with E-state index < -0.39 is 63.8 Å². The van der Waals surface area contributed by atoms with Gasteiger partial charge in [-0.3, -0.25) is 19.8 Å². The number of methoxy groups -OCH3 is 3. The molecule has 2 saturated heterocycles. The van der Waals surface area contributed by atoms with Crippen molar-refractivity contribution in [2.24, 2.45) is 5.16 Å². The zero-order valence-electron chi connectivity index (χ0n) is 51.7. The molecule has 0 radical (unpaired) electrons. The van der Waals surface area contributed by atoms with E-state index in [-0.39, 0.29) is 41.4 Å². The fourth-order valence-corrected chi connectivity index (χ4v) is 12.1. The van der Waals surface area contributed by atoms with E-state index in [4.69, 9.17) is 66.6 Å². The number of rotatable bonds is 25. The fraction of sp³-hybridized carbons (Fsp3) is 0.429. The molecule has 0 aliphatic carbocycles. The van der Waals surface area contributed by atoms with Crippen LogP contribution in [0.2, 0.25) is 5.02 Å². The van der Waals surface area contributed by atoms with Crippen molar-refractivity contribution in [1.82, 2.24) is 20.5 Å². The summed E-state index contributed by atoms with van der Waals surface area (Å²) in [5, 5.41) is 17.5. The van der Waals surface area contributed by atoms with Crippen LogP contribution in [0.25, 0.3) is 0 Å². The average molecular weight is 1300 g/mol. The van der Waals surface area contributed by atoms with Crippen LogP contribution in [0.5, 0.6) is 28.7 Å². The van der Waals surface area contributed by atoms with Crippen molar-refractivity contribution >= 4 is 98.4 Å². The number of nitrogens with zero attached hydrogens (tertiary/aromatic N) is 4. The molecular formula is C63H76ClN8O14S3+. The number of hydrogen-bond acceptors (Lipinski definition) is 19. The second-order valence-electron chi connectivity index (χ2n) is 23.7. The van der Waals surface area contributed by atoms with Crippen LogP contribution in [0.1, 0.15) is 90.6 Å². The zero-order chi connectivity index (χ0) is 64.3. The van der Waals surface area contributed by atoms with E-state index in [1.807, 2.05) is 48.5 Å². The summed E-state index contributed by atoms with van der Waals surface area (Å²) in [4.78, 5) is 81.3. The number of β-lactam (4-membered cyclic amide) rings is 1. The number of oxime groups is 1. The minimum Gasteiger partial charge on any atom is -0.497 e. The molecule has 8 rings (SSSR count). The molecule has 26 heteroatoms. The number of nitrogens with one attached hydrogen (secondary N) is 4. The van der Waals surface area contributed by atoms with Gasteiger partial charge in [-0.15, -0.1) is 23.1 Å². The molecule has 3 aliphatic rings. The summed E-state index contributed by atoms with van der Waals surface area (Å²) in [6, 6.07) is 24.6. The number of carbonyl (C=O) groups is 5. The van der Waals surface area contributed by atoms with Gasteiger partial charge in [0, 0.05) is 29.5 Å². The lowest BCUT2D eigenvalue weighted by molar-refractivity contribution is -0.911. The first kappa shape index (κ1) is 67.1. The molecule has 5 aromatic rings. The number of carbonyl (C=O) groups excluding carboxylic acids is 5. The number of benzene rings is 4. The summed E-state index contributed by atoms with van der Waals surface area (Å²) >= 11 is 15.4. The van der Waals surface area contributed by atoms with E-state index >= 15 is 0 Å². The van der Waals surface area contributed by atoms with Crippen LogP contribution in [0.4, 0.5) is 15.6 Å². The molecule has 0 spiro atoms. The third-order valence-electron chi connectivity index (χ3n) is 14.2. The maximum Gasteiger partial charge on any atom is 0.413 e.